The van der Waals surface area contributed by atoms with Crippen LogP contribution in [0.15, 0.2) is 24.4 Å². The van der Waals surface area contributed by atoms with Crippen LogP contribution in [0.3, 0.4) is 0 Å². The zero-order valence-electron chi connectivity index (χ0n) is 10.7. The number of nitrogens with zero attached hydrogens (tertiary/aromatic N) is 2. The van der Waals surface area contributed by atoms with Crippen molar-refractivity contribution in [2.24, 2.45) is 7.05 Å². The predicted molar refractivity (Wildman–Crippen MR) is 71.8 cm³/mol. The molecule has 0 aliphatic rings. The molecule has 3 heteroatoms. The van der Waals surface area contributed by atoms with Crippen LogP contribution in [0.5, 0.6) is 0 Å². The van der Waals surface area contributed by atoms with Crippen LogP contribution in [0.25, 0.3) is 11.1 Å². The molecular formula is C14H19N3. The minimum absolute atomic E-state index is 0.841. The standard InChI is InChI=1S/C14H19N3/c1-4-5-14-12(9-17(3)16-14)11-7-6-10(2)13(15)8-11/h6-9H,4-5,15H2,1-3H3. The Balaban J connectivity index is 2.47. The highest BCUT2D eigenvalue weighted by Gasteiger charge is 2.09. The number of aryl methyl sites for hydroxylation is 3. The van der Waals surface area contributed by atoms with Crippen molar-refractivity contribution in [3.8, 4) is 11.1 Å². The molecule has 90 valence electrons. The van der Waals surface area contributed by atoms with Crippen molar-refractivity contribution in [1.82, 2.24) is 9.78 Å². The second-order valence-electron chi connectivity index (χ2n) is 4.48. The van der Waals surface area contributed by atoms with E-state index in [0.717, 1.165) is 35.3 Å². The topological polar surface area (TPSA) is 43.8 Å². The maximum atomic E-state index is 5.96. The number of hydrogen-bond donors (Lipinski definition) is 1. The summed E-state index contributed by atoms with van der Waals surface area (Å²) in [5.41, 5.74) is 11.4. The molecular weight excluding hydrogens is 210 g/mol. The number of nitrogens with two attached hydrogens (primary N) is 1. The quantitative estimate of drug-likeness (QED) is 0.822. The number of anilines is 1. The second-order valence-corrected chi connectivity index (χ2v) is 4.48. The van der Waals surface area contributed by atoms with Gasteiger partial charge in [0.25, 0.3) is 0 Å². The van der Waals surface area contributed by atoms with Crippen LogP contribution in [0.4, 0.5) is 5.69 Å². The van der Waals surface area contributed by atoms with Crippen molar-refractivity contribution in [2.75, 3.05) is 5.73 Å². The lowest BCUT2D eigenvalue weighted by Gasteiger charge is -2.05. The highest BCUT2D eigenvalue weighted by molar-refractivity contribution is 5.70. The molecule has 2 aromatic rings. The van der Waals surface area contributed by atoms with Gasteiger partial charge in [0.05, 0.1) is 5.69 Å². The van der Waals surface area contributed by atoms with E-state index < -0.39 is 0 Å². The lowest BCUT2D eigenvalue weighted by Crippen LogP contribution is -1.92. The highest BCUT2D eigenvalue weighted by Crippen LogP contribution is 2.26. The molecule has 0 bridgehead atoms. The fraction of sp³-hybridized carbons (Fsp3) is 0.357. The summed E-state index contributed by atoms with van der Waals surface area (Å²) in [6.07, 6.45) is 4.17. The summed E-state index contributed by atoms with van der Waals surface area (Å²) in [7, 11) is 1.96. The average Bonchev–Trinajstić information content (AvgIpc) is 2.64. The highest BCUT2D eigenvalue weighted by atomic mass is 15.2. The van der Waals surface area contributed by atoms with E-state index in [9.17, 15) is 0 Å². The zero-order valence-corrected chi connectivity index (χ0v) is 10.7. The zero-order chi connectivity index (χ0) is 12.4. The molecule has 1 heterocycles. The summed E-state index contributed by atoms with van der Waals surface area (Å²) in [6.45, 7) is 4.19. The van der Waals surface area contributed by atoms with Gasteiger partial charge in [-0.15, -0.1) is 0 Å². The monoisotopic (exact) mass is 229 g/mol. The van der Waals surface area contributed by atoms with Crippen molar-refractivity contribution < 1.29 is 0 Å². The Hall–Kier alpha value is -1.77. The molecule has 2 rings (SSSR count). The van der Waals surface area contributed by atoms with Gasteiger partial charge in [-0.25, -0.2) is 0 Å². The van der Waals surface area contributed by atoms with E-state index in [1.165, 1.54) is 5.56 Å². The molecule has 17 heavy (non-hydrogen) atoms. The molecule has 3 nitrogen and oxygen atoms in total. The van der Waals surface area contributed by atoms with Gasteiger partial charge in [0.15, 0.2) is 0 Å². The lowest BCUT2D eigenvalue weighted by molar-refractivity contribution is 0.733. The molecule has 0 aliphatic carbocycles. The molecule has 0 amide bonds. The van der Waals surface area contributed by atoms with Gasteiger partial charge in [-0.1, -0.05) is 25.5 Å². The Morgan fingerprint density at radius 3 is 2.76 bits per heavy atom. The van der Waals surface area contributed by atoms with Crippen LogP contribution in [0.1, 0.15) is 24.6 Å². The maximum Gasteiger partial charge on any atom is 0.0702 e. The van der Waals surface area contributed by atoms with Gasteiger partial charge in [0.1, 0.15) is 0 Å². The maximum absolute atomic E-state index is 5.96. The molecule has 2 N–H and O–H groups in total. The van der Waals surface area contributed by atoms with Crippen LogP contribution in [-0.2, 0) is 13.5 Å². The fourth-order valence-electron chi connectivity index (χ4n) is 2.01. The molecule has 1 aromatic heterocycles. The Morgan fingerprint density at radius 2 is 2.12 bits per heavy atom. The van der Waals surface area contributed by atoms with Gasteiger partial charge in [-0.05, 0) is 30.5 Å². The van der Waals surface area contributed by atoms with E-state index in [1.54, 1.807) is 0 Å². The minimum Gasteiger partial charge on any atom is -0.398 e. The number of aromatic nitrogens is 2. The first-order valence-corrected chi connectivity index (χ1v) is 6.01. The third-order valence-corrected chi connectivity index (χ3v) is 2.98. The van der Waals surface area contributed by atoms with Gasteiger partial charge in [-0.3, -0.25) is 4.68 Å². The SMILES string of the molecule is CCCc1nn(C)cc1-c1ccc(C)c(N)c1. The smallest absolute Gasteiger partial charge is 0.0702 e. The predicted octanol–water partition coefficient (Wildman–Crippen LogP) is 2.93. The van der Waals surface area contributed by atoms with Crippen LogP contribution in [0.2, 0.25) is 0 Å². The van der Waals surface area contributed by atoms with Crippen molar-refractivity contribution in [3.05, 3.63) is 35.7 Å². The number of rotatable bonds is 3. The van der Waals surface area contributed by atoms with Crippen LogP contribution < -0.4 is 5.73 Å². The largest absolute Gasteiger partial charge is 0.398 e. The van der Waals surface area contributed by atoms with Crippen molar-refractivity contribution in [1.29, 1.82) is 0 Å². The summed E-state index contributed by atoms with van der Waals surface area (Å²) < 4.78 is 1.87. The van der Waals surface area contributed by atoms with Gasteiger partial charge in [-0.2, -0.15) is 5.10 Å². The Morgan fingerprint density at radius 1 is 1.35 bits per heavy atom. The lowest BCUT2D eigenvalue weighted by atomic mass is 10.0. The minimum atomic E-state index is 0.841. The molecule has 0 unspecified atom stereocenters. The second kappa shape index (κ2) is 4.62. The molecule has 0 fully saturated rings. The van der Waals surface area contributed by atoms with Gasteiger partial charge in [0.2, 0.25) is 0 Å². The third kappa shape index (κ3) is 2.33. The van der Waals surface area contributed by atoms with Gasteiger partial charge < -0.3 is 5.73 Å². The molecule has 0 spiro atoms. The van der Waals surface area contributed by atoms with Crippen molar-refractivity contribution in [2.45, 2.75) is 26.7 Å². The summed E-state index contributed by atoms with van der Waals surface area (Å²) in [5.74, 6) is 0. The number of benzene rings is 1. The summed E-state index contributed by atoms with van der Waals surface area (Å²) in [5, 5.41) is 4.50. The van der Waals surface area contributed by atoms with E-state index in [1.807, 2.05) is 24.7 Å². The Labute approximate surface area is 102 Å². The van der Waals surface area contributed by atoms with E-state index in [2.05, 4.69) is 30.4 Å². The molecule has 1 aromatic carbocycles. The van der Waals surface area contributed by atoms with Crippen LogP contribution in [-0.4, -0.2) is 9.78 Å². The van der Waals surface area contributed by atoms with E-state index in [4.69, 9.17) is 5.73 Å². The molecule has 0 radical (unpaired) electrons. The van der Waals surface area contributed by atoms with E-state index in [-0.39, 0.29) is 0 Å². The molecule has 0 saturated heterocycles. The fourth-order valence-corrected chi connectivity index (χ4v) is 2.01. The van der Waals surface area contributed by atoms with Crippen LogP contribution >= 0.6 is 0 Å². The van der Waals surface area contributed by atoms with Crippen LogP contribution in [0, 0.1) is 6.92 Å². The Bertz CT molecular complexity index is 526. The number of nitrogen functional groups attached to an aromatic ring is 1. The normalized spacial score (nSPS) is 10.8. The number of hydrogen-bond acceptors (Lipinski definition) is 2. The van der Waals surface area contributed by atoms with Gasteiger partial charge >= 0.3 is 0 Å². The van der Waals surface area contributed by atoms with E-state index in [0.29, 0.717) is 0 Å². The summed E-state index contributed by atoms with van der Waals surface area (Å²) in [4.78, 5) is 0. The molecule has 0 atom stereocenters. The average molecular weight is 229 g/mol. The van der Waals surface area contributed by atoms with E-state index >= 15 is 0 Å². The van der Waals surface area contributed by atoms with Gasteiger partial charge in [0, 0.05) is 24.5 Å². The Kier molecular flexibility index (Phi) is 3.18. The van der Waals surface area contributed by atoms with Crippen molar-refractivity contribution in [3.63, 3.8) is 0 Å². The first-order chi connectivity index (χ1) is 8.11. The summed E-state index contributed by atoms with van der Waals surface area (Å²) >= 11 is 0. The third-order valence-electron chi connectivity index (χ3n) is 2.98. The first kappa shape index (κ1) is 11.7. The first-order valence-electron chi connectivity index (χ1n) is 6.01. The van der Waals surface area contributed by atoms with Crippen molar-refractivity contribution >= 4 is 5.69 Å². The molecule has 0 aliphatic heterocycles. The molecule has 0 saturated carbocycles. The summed E-state index contributed by atoms with van der Waals surface area (Å²) in [6, 6.07) is 6.21.